The third kappa shape index (κ3) is 6.38. The fraction of sp³-hybridized carbons (Fsp3) is 0.933. The van der Waals surface area contributed by atoms with Crippen LogP contribution in [0.15, 0.2) is 0 Å². The number of nitriles is 1. The molecule has 1 N–H and O–H groups in total. The van der Waals surface area contributed by atoms with Gasteiger partial charge in [-0.3, -0.25) is 5.32 Å². The van der Waals surface area contributed by atoms with Crippen molar-refractivity contribution in [2.24, 2.45) is 0 Å². The Labute approximate surface area is 118 Å². The van der Waals surface area contributed by atoms with E-state index in [-0.39, 0.29) is 5.54 Å². The molecule has 19 heavy (non-hydrogen) atoms. The van der Waals surface area contributed by atoms with E-state index in [0.29, 0.717) is 6.04 Å². The zero-order valence-electron chi connectivity index (χ0n) is 12.7. The van der Waals surface area contributed by atoms with Gasteiger partial charge in [-0.15, -0.1) is 0 Å². The molecule has 1 rings (SSSR count). The number of ether oxygens (including phenoxy) is 1. The summed E-state index contributed by atoms with van der Waals surface area (Å²) in [6.07, 6.45) is 5.36. The first-order valence-electron chi connectivity index (χ1n) is 7.61. The molecule has 1 fully saturated rings. The van der Waals surface area contributed by atoms with Crippen LogP contribution in [0.25, 0.3) is 0 Å². The summed E-state index contributed by atoms with van der Waals surface area (Å²) in [5.41, 5.74) is -0.304. The normalized spacial score (nSPS) is 18.3. The Hall–Kier alpha value is -0.630. The quantitative estimate of drug-likeness (QED) is 0.583. The van der Waals surface area contributed by atoms with E-state index >= 15 is 0 Å². The smallest absolute Gasteiger partial charge is 0.106 e. The summed E-state index contributed by atoms with van der Waals surface area (Å²) in [6, 6.07) is 3.10. The van der Waals surface area contributed by atoms with E-state index in [1.165, 1.54) is 12.8 Å². The summed E-state index contributed by atoms with van der Waals surface area (Å²) in [5.74, 6) is 0. The summed E-state index contributed by atoms with van der Waals surface area (Å²) < 4.78 is 5.35. The molecule has 1 unspecified atom stereocenters. The van der Waals surface area contributed by atoms with Crippen molar-refractivity contribution in [1.82, 2.24) is 10.2 Å². The number of hydrogen-bond donors (Lipinski definition) is 1. The van der Waals surface area contributed by atoms with Crippen molar-refractivity contribution < 1.29 is 4.74 Å². The van der Waals surface area contributed by atoms with Gasteiger partial charge in [0.25, 0.3) is 0 Å². The summed E-state index contributed by atoms with van der Waals surface area (Å²) in [7, 11) is 2.12. The Balaban J connectivity index is 2.22. The van der Waals surface area contributed by atoms with E-state index in [2.05, 4.69) is 30.3 Å². The molecule has 0 radical (unpaired) electrons. The van der Waals surface area contributed by atoms with Gasteiger partial charge in [0, 0.05) is 19.2 Å². The summed E-state index contributed by atoms with van der Waals surface area (Å²) in [6.45, 7) is 7.71. The molecule has 4 heteroatoms. The first kappa shape index (κ1) is 16.4. The van der Waals surface area contributed by atoms with Gasteiger partial charge in [0.2, 0.25) is 0 Å². The monoisotopic (exact) mass is 267 g/mol. The average molecular weight is 267 g/mol. The van der Waals surface area contributed by atoms with Crippen LogP contribution in [-0.2, 0) is 4.74 Å². The topological polar surface area (TPSA) is 48.3 Å². The average Bonchev–Trinajstić information content (AvgIpc) is 3.22. The molecule has 4 nitrogen and oxygen atoms in total. The van der Waals surface area contributed by atoms with Gasteiger partial charge in [-0.1, -0.05) is 6.92 Å². The molecular formula is C15H29N3O. The van der Waals surface area contributed by atoms with E-state index in [9.17, 15) is 5.26 Å². The van der Waals surface area contributed by atoms with Crippen molar-refractivity contribution in [2.75, 3.05) is 33.4 Å². The van der Waals surface area contributed by atoms with Gasteiger partial charge in [-0.05, 0) is 52.6 Å². The number of nitrogens with zero attached hydrogens (tertiary/aromatic N) is 2. The maximum Gasteiger partial charge on any atom is 0.106 e. The highest BCUT2D eigenvalue weighted by Crippen LogP contribution is 2.26. The molecule has 0 heterocycles. The molecule has 0 amide bonds. The molecule has 0 aliphatic heterocycles. The van der Waals surface area contributed by atoms with Gasteiger partial charge < -0.3 is 9.64 Å². The lowest BCUT2D eigenvalue weighted by atomic mass is 9.91. The van der Waals surface area contributed by atoms with E-state index in [1.807, 2.05) is 6.92 Å². The van der Waals surface area contributed by atoms with Crippen molar-refractivity contribution in [2.45, 2.75) is 57.5 Å². The lowest BCUT2D eigenvalue weighted by Gasteiger charge is -2.27. The zero-order valence-corrected chi connectivity index (χ0v) is 12.7. The third-order valence-corrected chi connectivity index (χ3v) is 3.84. The molecule has 0 aromatic carbocycles. The second-order valence-electron chi connectivity index (χ2n) is 5.57. The highest BCUT2D eigenvalue weighted by Gasteiger charge is 2.34. The predicted molar refractivity (Wildman–Crippen MR) is 78.0 cm³/mol. The summed E-state index contributed by atoms with van der Waals surface area (Å²) >= 11 is 0. The van der Waals surface area contributed by atoms with Crippen LogP contribution in [0.2, 0.25) is 0 Å². The maximum atomic E-state index is 9.45. The molecule has 1 atom stereocenters. The molecule has 1 aliphatic rings. The van der Waals surface area contributed by atoms with E-state index in [1.54, 1.807) is 0 Å². The largest absolute Gasteiger partial charge is 0.380 e. The minimum absolute atomic E-state index is 0.304. The Morgan fingerprint density at radius 1 is 1.37 bits per heavy atom. The molecule has 0 saturated heterocycles. The lowest BCUT2D eigenvalue weighted by Crippen LogP contribution is -2.45. The minimum Gasteiger partial charge on any atom is -0.380 e. The van der Waals surface area contributed by atoms with Crippen molar-refractivity contribution in [3.05, 3.63) is 0 Å². The van der Waals surface area contributed by atoms with Crippen LogP contribution in [0.3, 0.4) is 0 Å². The predicted octanol–water partition coefficient (Wildman–Crippen LogP) is 2.16. The Morgan fingerprint density at radius 3 is 2.63 bits per heavy atom. The number of rotatable bonds is 11. The third-order valence-electron chi connectivity index (χ3n) is 3.84. The second kappa shape index (κ2) is 8.52. The number of likely N-dealkylation sites (N-methyl/N-ethyl adjacent to an activating group) is 1. The van der Waals surface area contributed by atoms with Crippen molar-refractivity contribution in [3.63, 3.8) is 0 Å². The molecule has 0 aromatic heterocycles. The zero-order chi connectivity index (χ0) is 14.1. The van der Waals surface area contributed by atoms with Gasteiger partial charge in [-0.25, -0.2) is 0 Å². The fourth-order valence-corrected chi connectivity index (χ4v) is 2.26. The molecule has 1 saturated carbocycles. The number of hydrogen-bond acceptors (Lipinski definition) is 4. The van der Waals surface area contributed by atoms with Gasteiger partial charge >= 0.3 is 0 Å². The molecular weight excluding hydrogens is 238 g/mol. The maximum absolute atomic E-state index is 9.45. The van der Waals surface area contributed by atoms with Crippen LogP contribution in [-0.4, -0.2) is 49.8 Å². The van der Waals surface area contributed by atoms with E-state index < -0.39 is 0 Å². The molecule has 0 spiro atoms. The van der Waals surface area contributed by atoms with Crippen molar-refractivity contribution >= 4 is 0 Å². The SMILES string of the molecule is CCOCCN(C)CCCC(C#N)(CC)NC1CC1. The molecule has 110 valence electrons. The Bertz CT molecular complexity index is 286. The lowest BCUT2D eigenvalue weighted by molar-refractivity contribution is 0.121. The van der Waals surface area contributed by atoms with E-state index in [0.717, 1.165) is 45.6 Å². The van der Waals surface area contributed by atoms with Crippen LogP contribution >= 0.6 is 0 Å². The highest BCUT2D eigenvalue weighted by molar-refractivity contribution is 5.09. The van der Waals surface area contributed by atoms with Crippen LogP contribution in [0.1, 0.15) is 46.0 Å². The van der Waals surface area contributed by atoms with Crippen molar-refractivity contribution in [1.29, 1.82) is 5.26 Å². The van der Waals surface area contributed by atoms with Gasteiger partial charge in [0.05, 0.1) is 12.7 Å². The summed E-state index contributed by atoms with van der Waals surface area (Å²) in [4.78, 5) is 2.28. The molecule has 1 aliphatic carbocycles. The molecule has 0 aromatic rings. The highest BCUT2D eigenvalue weighted by atomic mass is 16.5. The van der Waals surface area contributed by atoms with Crippen LogP contribution in [0.5, 0.6) is 0 Å². The van der Waals surface area contributed by atoms with Crippen LogP contribution < -0.4 is 5.32 Å². The Kier molecular flexibility index (Phi) is 7.37. The Morgan fingerprint density at radius 2 is 2.11 bits per heavy atom. The minimum atomic E-state index is -0.304. The van der Waals surface area contributed by atoms with E-state index in [4.69, 9.17) is 4.74 Å². The summed E-state index contributed by atoms with van der Waals surface area (Å²) in [5, 5.41) is 13.0. The van der Waals surface area contributed by atoms with Crippen LogP contribution in [0.4, 0.5) is 0 Å². The van der Waals surface area contributed by atoms with Crippen LogP contribution in [0, 0.1) is 11.3 Å². The fourth-order valence-electron chi connectivity index (χ4n) is 2.26. The second-order valence-corrected chi connectivity index (χ2v) is 5.57. The standard InChI is InChI=1S/C15H29N3O/c1-4-15(13-16,17-14-7-8-14)9-6-10-18(3)11-12-19-5-2/h14,17H,4-12H2,1-3H3. The van der Waals surface area contributed by atoms with Gasteiger partial charge in [0.15, 0.2) is 0 Å². The van der Waals surface area contributed by atoms with Gasteiger partial charge in [-0.2, -0.15) is 5.26 Å². The first-order valence-corrected chi connectivity index (χ1v) is 7.61. The van der Waals surface area contributed by atoms with Crippen molar-refractivity contribution in [3.8, 4) is 6.07 Å². The number of nitrogens with one attached hydrogen (secondary N) is 1. The van der Waals surface area contributed by atoms with Gasteiger partial charge in [0.1, 0.15) is 5.54 Å². The first-order chi connectivity index (χ1) is 9.15. The molecule has 0 bridgehead atoms.